The second-order valence-corrected chi connectivity index (χ2v) is 9.25. The van der Waals surface area contributed by atoms with Crippen LogP contribution in [0, 0.1) is 11.7 Å². The number of hydrogen-bond acceptors (Lipinski definition) is 5. The van der Waals surface area contributed by atoms with Gasteiger partial charge in [0.05, 0.1) is 13.2 Å². The summed E-state index contributed by atoms with van der Waals surface area (Å²) in [6, 6.07) is 14.5. The van der Waals surface area contributed by atoms with Gasteiger partial charge in [-0.05, 0) is 68.5 Å². The first-order chi connectivity index (χ1) is 16.0. The maximum absolute atomic E-state index is 13.1. The summed E-state index contributed by atoms with van der Waals surface area (Å²) in [6.45, 7) is 3.89. The molecule has 2 aromatic rings. The van der Waals surface area contributed by atoms with Gasteiger partial charge < -0.3 is 14.5 Å². The molecule has 33 heavy (non-hydrogen) atoms. The highest BCUT2D eigenvalue weighted by Gasteiger charge is 2.34. The minimum absolute atomic E-state index is 0.0489. The zero-order valence-corrected chi connectivity index (χ0v) is 19.6. The molecular weight excluding hydrogens is 419 g/mol. The van der Waals surface area contributed by atoms with Crippen molar-refractivity contribution < 1.29 is 13.9 Å². The summed E-state index contributed by atoms with van der Waals surface area (Å²) in [5.74, 6) is 1.32. The Morgan fingerprint density at radius 2 is 1.85 bits per heavy atom. The third-order valence-corrected chi connectivity index (χ3v) is 6.96. The normalized spacial score (nSPS) is 21.8. The highest BCUT2D eigenvalue weighted by molar-refractivity contribution is 5.82. The SMILES string of the molecule is COc1ccccc1C1CC(C(=O)N(C)CC2CCN(CCc3ccc(F)cc3)CC2)NN1. The monoisotopic (exact) mass is 454 g/mol. The van der Waals surface area contributed by atoms with Crippen molar-refractivity contribution in [1.29, 1.82) is 0 Å². The van der Waals surface area contributed by atoms with Crippen molar-refractivity contribution >= 4 is 5.91 Å². The van der Waals surface area contributed by atoms with Crippen LogP contribution in [0.3, 0.4) is 0 Å². The maximum Gasteiger partial charge on any atom is 0.240 e. The Hall–Kier alpha value is -2.48. The van der Waals surface area contributed by atoms with E-state index in [9.17, 15) is 9.18 Å². The first-order valence-electron chi connectivity index (χ1n) is 11.9. The van der Waals surface area contributed by atoms with Crippen LogP contribution in [-0.4, -0.2) is 62.1 Å². The van der Waals surface area contributed by atoms with Gasteiger partial charge in [-0.3, -0.25) is 4.79 Å². The number of para-hydroxylation sites is 1. The first-order valence-corrected chi connectivity index (χ1v) is 11.9. The maximum atomic E-state index is 13.1. The van der Waals surface area contributed by atoms with Crippen LogP contribution in [0.1, 0.15) is 36.4 Å². The van der Waals surface area contributed by atoms with E-state index in [0.717, 1.165) is 56.8 Å². The van der Waals surface area contributed by atoms with Crippen LogP contribution in [-0.2, 0) is 11.2 Å². The molecule has 2 aromatic carbocycles. The van der Waals surface area contributed by atoms with Crippen LogP contribution >= 0.6 is 0 Å². The lowest BCUT2D eigenvalue weighted by Gasteiger charge is -2.34. The second kappa shape index (κ2) is 11.1. The number of piperidine rings is 1. The number of methoxy groups -OCH3 is 1. The Morgan fingerprint density at radius 1 is 1.12 bits per heavy atom. The van der Waals surface area contributed by atoms with Crippen LogP contribution in [0.25, 0.3) is 0 Å². The Balaban J connectivity index is 1.20. The molecule has 2 atom stereocenters. The van der Waals surface area contributed by atoms with Gasteiger partial charge in [0.1, 0.15) is 17.6 Å². The molecule has 0 saturated carbocycles. The summed E-state index contributed by atoms with van der Waals surface area (Å²) >= 11 is 0. The van der Waals surface area contributed by atoms with Crippen molar-refractivity contribution in [2.45, 2.75) is 37.8 Å². The van der Waals surface area contributed by atoms with Crippen molar-refractivity contribution in [3.05, 3.63) is 65.5 Å². The highest BCUT2D eigenvalue weighted by atomic mass is 19.1. The molecule has 2 unspecified atom stereocenters. The number of nitrogens with one attached hydrogen (secondary N) is 2. The van der Waals surface area contributed by atoms with Gasteiger partial charge in [0.15, 0.2) is 0 Å². The van der Waals surface area contributed by atoms with E-state index in [0.29, 0.717) is 12.3 Å². The molecule has 2 N–H and O–H groups in total. The Bertz CT molecular complexity index is 915. The largest absolute Gasteiger partial charge is 0.496 e. The molecule has 0 radical (unpaired) electrons. The van der Waals surface area contributed by atoms with Gasteiger partial charge in [-0.2, -0.15) is 0 Å². The summed E-state index contributed by atoms with van der Waals surface area (Å²) in [4.78, 5) is 17.4. The predicted molar refractivity (Wildman–Crippen MR) is 127 cm³/mol. The van der Waals surface area contributed by atoms with E-state index in [1.54, 1.807) is 7.11 Å². The smallest absolute Gasteiger partial charge is 0.240 e. The number of ether oxygens (including phenoxy) is 1. The Labute approximate surface area is 196 Å². The zero-order valence-electron chi connectivity index (χ0n) is 19.6. The quantitative estimate of drug-likeness (QED) is 0.642. The van der Waals surface area contributed by atoms with E-state index in [4.69, 9.17) is 4.74 Å². The molecule has 4 rings (SSSR count). The van der Waals surface area contributed by atoms with E-state index < -0.39 is 0 Å². The molecule has 1 amide bonds. The van der Waals surface area contributed by atoms with Crippen LogP contribution < -0.4 is 15.6 Å². The molecule has 2 saturated heterocycles. The van der Waals surface area contributed by atoms with Crippen molar-refractivity contribution in [3.8, 4) is 5.75 Å². The van der Waals surface area contributed by atoms with Gasteiger partial charge >= 0.3 is 0 Å². The molecule has 2 aliphatic rings. The minimum atomic E-state index is -0.235. The Kier molecular flexibility index (Phi) is 7.96. The minimum Gasteiger partial charge on any atom is -0.496 e. The standard InChI is InChI=1S/C26H35FN4O2/c1-30(26(32)24-17-23(28-29-24)22-5-3-4-6-25(22)33-2)18-20-12-15-31(16-13-20)14-11-19-7-9-21(27)10-8-19/h3-10,20,23-24,28-29H,11-18H2,1-2H3. The third kappa shape index (κ3) is 6.10. The highest BCUT2D eigenvalue weighted by Crippen LogP contribution is 2.30. The van der Waals surface area contributed by atoms with Crippen LogP contribution in [0.5, 0.6) is 5.75 Å². The number of likely N-dealkylation sites (N-methyl/N-ethyl adjacent to an activating group) is 1. The number of rotatable bonds is 8. The number of carbonyl (C=O) groups excluding carboxylic acids is 1. The number of hydrogen-bond donors (Lipinski definition) is 2. The second-order valence-electron chi connectivity index (χ2n) is 9.25. The van der Waals surface area contributed by atoms with Gasteiger partial charge in [-0.15, -0.1) is 0 Å². The van der Waals surface area contributed by atoms with E-state index in [1.807, 2.05) is 48.3 Å². The number of halogens is 1. The lowest BCUT2D eigenvalue weighted by Crippen LogP contribution is -2.46. The number of hydrazine groups is 1. The van der Waals surface area contributed by atoms with Gasteiger partial charge in [0.2, 0.25) is 5.91 Å². The average Bonchev–Trinajstić information content (AvgIpc) is 3.34. The van der Waals surface area contributed by atoms with E-state index in [-0.39, 0.29) is 23.8 Å². The Morgan fingerprint density at radius 3 is 2.58 bits per heavy atom. The summed E-state index contributed by atoms with van der Waals surface area (Å²) < 4.78 is 18.5. The number of nitrogens with zero attached hydrogens (tertiary/aromatic N) is 2. The molecule has 0 spiro atoms. The van der Waals surface area contributed by atoms with Gasteiger partial charge in [-0.1, -0.05) is 30.3 Å². The molecule has 7 heteroatoms. The molecule has 6 nitrogen and oxygen atoms in total. The van der Waals surface area contributed by atoms with Crippen LogP contribution in [0.15, 0.2) is 48.5 Å². The van der Waals surface area contributed by atoms with Crippen molar-refractivity contribution in [3.63, 3.8) is 0 Å². The van der Waals surface area contributed by atoms with Crippen LogP contribution in [0.2, 0.25) is 0 Å². The molecule has 0 aliphatic carbocycles. The third-order valence-electron chi connectivity index (χ3n) is 6.96. The lowest BCUT2D eigenvalue weighted by molar-refractivity contribution is -0.132. The molecular formula is C26H35FN4O2. The van der Waals surface area contributed by atoms with Gasteiger partial charge in [0, 0.05) is 25.7 Å². The molecule has 2 fully saturated rings. The van der Waals surface area contributed by atoms with Crippen LogP contribution in [0.4, 0.5) is 4.39 Å². The zero-order chi connectivity index (χ0) is 23.2. The fraction of sp³-hybridized carbons (Fsp3) is 0.500. The first kappa shape index (κ1) is 23.7. The van der Waals surface area contributed by atoms with Gasteiger partial charge in [0.25, 0.3) is 0 Å². The fourth-order valence-electron chi connectivity index (χ4n) is 4.95. The number of likely N-dealkylation sites (tertiary alicyclic amines) is 1. The van der Waals surface area contributed by atoms with Crippen molar-refractivity contribution in [2.75, 3.05) is 40.3 Å². The molecule has 178 valence electrons. The molecule has 2 heterocycles. The number of amides is 1. The van der Waals surface area contributed by atoms with Gasteiger partial charge in [-0.25, -0.2) is 15.2 Å². The average molecular weight is 455 g/mol. The molecule has 0 bridgehead atoms. The summed E-state index contributed by atoms with van der Waals surface area (Å²) in [7, 11) is 3.59. The predicted octanol–water partition coefficient (Wildman–Crippen LogP) is 3.16. The fourth-order valence-corrected chi connectivity index (χ4v) is 4.95. The van der Waals surface area contributed by atoms with Crippen molar-refractivity contribution in [2.24, 2.45) is 5.92 Å². The lowest BCUT2D eigenvalue weighted by atomic mass is 9.95. The number of benzene rings is 2. The van der Waals surface area contributed by atoms with E-state index in [1.165, 1.54) is 17.7 Å². The molecule has 2 aliphatic heterocycles. The summed E-state index contributed by atoms with van der Waals surface area (Å²) in [5, 5.41) is 0. The summed E-state index contributed by atoms with van der Waals surface area (Å²) in [5.41, 5.74) is 8.70. The summed E-state index contributed by atoms with van der Waals surface area (Å²) in [6.07, 6.45) is 3.84. The molecule has 0 aromatic heterocycles. The van der Waals surface area contributed by atoms with Crippen molar-refractivity contribution in [1.82, 2.24) is 20.7 Å². The topological polar surface area (TPSA) is 56.8 Å². The number of carbonyl (C=O) groups is 1. The van der Waals surface area contributed by atoms with E-state index >= 15 is 0 Å². The van der Waals surface area contributed by atoms with E-state index in [2.05, 4.69) is 15.8 Å².